The van der Waals surface area contributed by atoms with E-state index in [9.17, 15) is 14.4 Å². The van der Waals surface area contributed by atoms with Crippen molar-refractivity contribution in [3.8, 4) is 0 Å². The highest BCUT2D eigenvalue weighted by Crippen LogP contribution is 2.21. The zero-order chi connectivity index (χ0) is 15.4. The van der Waals surface area contributed by atoms with E-state index in [0.29, 0.717) is 10.2 Å². The lowest BCUT2D eigenvalue weighted by molar-refractivity contribution is -0.120. The van der Waals surface area contributed by atoms with Crippen LogP contribution in [-0.4, -0.2) is 35.6 Å². The number of carboxylic acids is 1. The number of urea groups is 1. The third-order valence-electron chi connectivity index (χ3n) is 2.81. The Morgan fingerprint density at radius 1 is 1.29 bits per heavy atom. The molecule has 1 aliphatic rings. The maximum Gasteiger partial charge on any atom is 0.336 e. The summed E-state index contributed by atoms with van der Waals surface area (Å²) in [5, 5.41) is 16.6. The lowest BCUT2D eigenvalue weighted by Gasteiger charge is -2.09. The van der Waals surface area contributed by atoms with Crippen LogP contribution in [-0.2, 0) is 4.79 Å². The summed E-state index contributed by atoms with van der Waals surface area (Å²) in [6.45, 7) is -0.120. The number of carboxylic acid groups (broad SMARTS) is 1. The van der Waals surface area contributed by atoms with Gasteiger partial charge in [-0.1, -0.05) is 0 Å². The van der Waals surface area contributed by atoms with Gasteiger partial charge in [0.25, 0.3) is 0 Å². The lowest BCUT2D eigenvalue weighted by atomic mass is 10.2. The van der Waals surface area contributed by atoms with Crippen molar-refractivity contribution < 1.29 is 19.5 Å². The van der Waals surface area contributed by atoms with Gasteiger partial charge < -0.3 is 21.1 Å². The topological polar surface area (TPSA) is 108 Å². The molecule has 0 atom stereocenters. The van der Waals surface area contributed by atoms with Gasteiger partial charge in [-0.05, 0) is 47.0 Å². The third-order valence-corrected chi connectivity index (χ3v) is 3.50. The molecule has 0 saturated heterocycles. The van der Waals surface area contributed by atoms with Crippen molar-refractivity contribution in [2.45, 2.75) is 18.9 Å². The second-order valence-corrected chi connectivity index (χ2v) is 5.50. The largest absolute Gasteiger partial charge is 0.478 e. The maximum atomic E-state index is 11.6. The van der Waals surface area contributed by atoms with Crippen LogP contribution in [0, 0.1) is 0 Å². The fraction of sp³-hybridized carbons (Fsp3) is 0.308. The number of hydrogen-bond donors (Lipinski definition) is 4. The summed E-state index contributed by atoms with van der Waals surface area (Å²) >= 11 is 3.11. The van der Waals surface area contributed by atoms with E-state index >= 15 is 0 Å². The zero-order valence-electron chi connectivity index (χ0n) is 11.0. The van der Waals surface area contributed by atoms with E-state index in [-0.39, 0.29) is 24.1 Å². The van der Waals surface area contributed by atoms with Gasteiger partial charge in [0, 0.05) is 16.2 Å². The summed E-state index contributed by atoms with van der Waals surface area (Å²) in [4.78, 5) is 34.0. The second kappa shape index (κ2) is 6.57. The second-order valence-electron chi connectivity index (χ2n) is 4.65. The van der Waals surface area contributed by atoms with E-state index in [4.69, 9.17) is 5.11 Å². The quantitative estimate of drug-likeness (QED) is 0.642. The van der Waals surface area contributed by atoms with Crippen LogP contribution in [0.3, 0.4) is 0 Å². The molecule has 1 aliphatic carbocycles. The number of halogens is 1. The molecule has 2 rings (SSSR count). The summed E-state index contributed by atoms with van der Waals surface area (Å²) < 4.78 is 0.421. The molecule has 0 heterocycles. The molecule has 0 aliphatic heterocycles. The highest BCUT2D eigenvalue weighted by molar-refractivity contribution is 9.10. The van der Waals surface area contributed by atoms with Gasteiger partial charge in [-0.3, -0.25) is 4.79 Å². The first kappa shape index (κ1) is 15.3. The number of anilines is 1. The van der Waals surface area contributed by atoms with E-state index < -0.39 is 12.0 Å². The normalized spacial score (nSPS) is 13.4. The molecule has 0 aromatic heterocycles. The van der Waals surface area contributed by atoms with Crippen LogP contribution in [0.2, 0.25) is 0 Å². The van der Waals surface area contributed by atoms with Crippen molar-refractivity contribution in [3.05, 3.63) is 28.2 Å². The van der Waals surface area contributed by atoms with Crippen molar-refractivity contribution in [2.75, 3.05) is 11.9 Å². The van der Waals surface area contributed by atoms with E-state index in [1.165, 1.54) is 12.1 Å². The molecule has 8 heteroatoms. The Morgan fingerprint density at radius 3 is 2.62 bits per heavy atom. The number of carbonyl (C=O) groups is 3. The van der Waals surface area contributed by atoms with Gasteiger partial charge in [-0.2, -0.15) is 0 Å². The van der Waals surface area contributed by atoms with Crippen molar-refractivity contribution in [1.29, 1.82) is 0 Å². The van der Waals surface area contributed by atoms with Gasteiger partial charge in [0.1, 0.15) is 0 Å². The predicted molar refractivity (Wildman–Crippen MR) is 79.3 cm³/mol. The van der Waals surface area contributed by atoms with Gasteiger partial charge in [-0.25, -0.2) is 9.59 Å². The Kier molecular flexibility index (Phi) is 4.79. The minimum Gasteiger partial charge on any atom is -0.478 e. The van der Waals surface area contributed by atoms with Gasteiger partial charge in [-0.15, -0.1) is 0 Å². The molecule has 4 N–H and O–H groups in total. The highest BCUT2D eigenvalue weighted by atomic mass is 79.9. The molecular formula is C13H14BrN3O4. The molecule has 0 spiro atoms. The summed E-state index contributed by atoms with van der Waals surface area (Å²) in [7, 11) is 0. The highest BCUT2D eigenvalue weighted by Gasteiger charge is 2.23. The molecule has 0 bridgehead atoms. The summed E-state index contributed by atoms with van der Waals surface area (Å²) in [6.07, 6.45) is 1.96. The molecule has 0 unspecified atom stereocenters. The zero-order valence-corrected chi connectivity index (χ0v) is 12.6. The van der Waals surface area contributed by atoms with E-state index in [0.717, 1.165) is 12.8 Å². The molecule has 0 radical (unpaired) electrons. The SMILES string of the molecule is O=C(CNC(=O)Nc1ccc(Br)c(C(=O)O)c1)NC1CC1. The summed E-state index contributed by atoms with van der Waals surface area (Å²) in [5.74, 6) is -1.34. The maximum absolute atomic E-state index is 11.6. The number of aromatic carboxylic acids is 1. The summed E-state index contributed by atoms with van der Waals surface area (Å²) in [5.41, 5.74) is 0.370. The van der Waals surface area contributed by atoms with E-state index in [2.05, 4.69) is 31.9 Å². The minimum absolute atomic E-state index is 0.0410. The first-order valence-corrected chi connectivity index (χ1v) is 7.12. The van der Waals surface area contributed by atoms with Gasteiger partial charge >= 0.3 is 12.0 Å². The molecule has 21 heavy (non-hydrogen) atoms. The molecule has 1 fully saturated rings. The monoisotopic (exact) mass is 355 g/mol. The lowest BCUT2D eigenvalue weighted by Crippen LogP contribution is -2.39. The van der Waals surface area contributed by atoms with Crippen LogP contribution in [0.4, 0.5) is 10.5 Å². The predicted octanol–water partition coefficient (Wildman–Crippen LogP) is 1.55. The van der Waals surface area contributed by atoms with Crippen LogP contribution < -0.4 is 16.0 Å². The molecule has 112 valence electrons. The van der Waals surface area contributed by atoms with Crippen molar-refractivity contribution >= 4 is 39.5 Å². The summed E-state index contributed by atoms with van der Waals surface area (Å²) in [6, 6.07) is 4.08. The molecule has 7 nitrogen and oxygen atoms in total. The smallest absolute Gasteiger partial charge is 0.336 e. The van der Waals surface area contributed by atoms with Crippen LogP contribution in [0.1, 0.15) is 23.2 Å². The van der Waals surface area contributed by atoms with Gasteiger partial charge in [0.2, 0.25) is 5.91 Å². The Balaban J connectivity index is 1.85. The number of rotatable bonds is 5. The Bertz CT molecular complexity index is 587. The number of carbonyl (C=O) groups excluding carboxylic acids is 2. The van der Waals surface area contributed by atoms with Crippen LogP contribution in [0.5, 0.6) is 0 Å². The average molecular weight is 356 g/mol. The first-order chi connectivity index (χ1) is 9.95. The van der Waals surface area contributed by atoms with Crippen molar-refractivity contribution in [2.24, 2.45) is 0 Å². The Morgan fingerprint density at radius 2 is 2.00 bits per heavy atom. The number of hydrogen-bond acceptors (Lipinski definition) is 3. The molecular weight excluding hydrogens is 342 g/mol. The number of benzene rings is 1. The van der Waals surface area contributed by atoms with Crippen LogP contribution >= 0.6 is 15.9 Å². The molecule has 1 saturated carbocycles. The molecule has 3 amide bonds. The van der Waals surface area contributed by atoms with Crippen LogP contribution in [0.25, 0.3) is 0 Å². The van der Waals surface area contributed by atoms with Crippen molar-refractivity contribution in [1.82, 2.24) is 10.6 Å². The van der Waals surface area contributed by atoms with Gasteiger partial charge in [0.05, 0.1) is 12.1 Å². The third kappa shape index (κ3) is 4.75. The van der Waals surface area contributed by atoms with Gasteiger partial charge in [0.15, 0.2) is 0 Å². The Labute approximate surface area is 129 Å². The van der Waals surface area contributed by atoms with E-state index in [1.807, 2.05) is 0 Å². The number of amides is 3. The minimum atomic E-state index is -1.10. The first-order valence-electron chi connectivity index (χ1n) is 6.33. The standard InChI is InChI=1S/C13H14BrN3O4/c14-10-4-3-8(5-9(10)12(19)20)17-13(21)15-6-11(18)16-7-1-2-7/h3-5,7H,1-2,6H2,(H,16,18)(H,19,20)(H2,15,17,21). The number of nitrogens with one attached hydrogen (secondary N) is 3. The van der Waals surface area contributed by atoms with Crippen LogP contribution in [0.15, 0.2) is 22.7 Å². The fourth-order valence-electron chi connectivity index (χ4n) is 1.61. The Hall–Kier alpha value is -2.09. The average Bonchev–Trinajstić information content (AvgIpc) is 3.22. The molecule has 1 aromatic carbocycles. The van der Waals surface area contributed by atoms with Crippen molar-refractivity contribution in [3.63, 3.8) is 0 Å². The van der Waals surface area contributed by atoms with E-state index in [1.54, 1.807) is 6.07 Å². The fourth-order valence-corrected chi connectivity index (χ4v) is 2.03. The molecule has 1 aromatic rings.